The maximum absolute atomic E-state index is 14.5. The second-order valence-corrected chi connectivity index (χ2v) is 9.55. The molecule has 10 heteroatoms. The monoisotopic (exact) mass is 493 g/mol. The summed E-state index contributed by atoms with van der Waals surface area (Å²) in [5.74, 6) is 0.0962. The molecule has 190 valence electrons. The highest BCUT2D eigenvalue weighted by molar-refractivity contribution is 5.88. The van der Waals surface area contributed by atoms with Crippen molar-refractivity contribution in [3.8, 4) is 0 Å². The molecule has 2 aromatic heterocycles. The van der Waals surface area contributed by atoms with Crippen LogP contribution in [-0.4, -0.2) is 69.5 Å². The van der Waals surface area contributed by atoms with Gasteiger partial charge in [-0.15, -0.1) is 5.10 Å². The van der Waals surface area contributed by atoms with Crippen molar-refractivity contribution >= 4 is 17.6 Å². The SMILES string of the molecule is CC(C)c1ccc(C(NC(=O)C2CC(F)CN2C(=O)Cn2ncc(N(C)C)n2)c2ccccc2)nc1. The lowest BCUT2D eigenvalue weighted by Crippen LogP contribution is -2.48. The first-order valence-electron chi connectivity index (χ1n) is 12.0. The number of hydrogen-bond donors (Lipinski definition) is 1. The highest BCUT2D eigenvalue weighted by atomic mass is 19.1. The van der Waals surface area contributed by atoms with Crippen LogP contribution in [0.3, 0.4) is 0 Å². The van der Waals surface area contributed by atoms with E-state index in [9.17, 15) is 14.0 Å². The van der Waals surface area contributed by atoms with Gasteiger partial charge in [0.2, 0.25) is 11.8 Å². The van der Waals surface area contributed by atoms with Crippen molar-refractivity contribution in [2.45, 2.75) is 51.0 Å². The number of rotatable bonds is 8. The predicted octanol–water partition coefficient (Wildman–Crippen LogP) is 2.71. The molecule has 9 nitrogen and oxygen atoms in total. The van der Waals surface area contributed by atoms with Gasteiger partial charge in [0, 0.05) is 26.7 Å². The Labute approximate surface area is 210 Å². The number of pyridine rings is 1. The summed E-state index contributed by atoms with van der Waals surface area (Å²) in [7, 11) is 3.64. The van der Waals surface area contributed by atoms with E-state index >= 15 is 0 Å². The largest absolute Gasteiger partial charge is 0.360 e. The van der Waals surface area contributed by atoms with Crippen LogP contribution < -0.4 is 10.2 Å². The van der Waals surface area contributed by atoms with Gasteiger partial charge >= 0.3 is 0 Å². The van der Waals surface area contributed by atoms with Crippen molar-refractivity contribution in [2.75, 3.05) is 25.5 Å². The van der Waals surface area contributed by atoms with E-state index in [1.54, 1.807) is 11.1 Å². The van der Waals surface area contributed by atoms with Crippen LogP contribution in [-0.2, 0) is 16.1 Å². The van der Waals surface area contributed by atoms with Gasteiger partial charge in [-0.25, -0.2) is 4.39 Å². The zero-order chi connectivity index (χ0) is 25.8. The van der Waals surface area contributed by atoms with Crippen molar-refractivity contribution in [1.29, 1.82) is 0 Å². The van der Waals surface area contributed by atoms with Crippen LogP contribution in [0.2, 0.25) is 0 Å². The molecule has 0 spiro atoms. The average Bonchev–Trinajstić information content (AvgIpc) is 3.50. The number of aromatic nitrogens is 4. The smallest absolute Gasteiger partial charge is 0.246 e. The summed E-state index contributed by atoms with van der Waals surface area (Å²) in [6.45, 7) is 3.86. The van der Waals surface area contributed by atoms with Gasteiger partial charge in [0.25, 0.3) is 0 Å². The Morgan fingerprint density at radius 1 is 1.11 bits per heavy atom. The van der Waals surface area contributed by atoms with E-state index in [0.29, 0.717) is 17.4 Å². The van der Waals surface area contributed by atoms with E-state index in [0.717, 1.165) is 11.1 Å². The molecule has 3 aromatic rings. The molecule has 1 aliphatic rings. The van der Waals surface area contributed by atoms with Gasteiger partial charge < -0.3 is 15.1 Å². The Balaban J connectivity index is 1.53. The lowest BCUT2D eigenvalue weighted by Gasteiger charge is -2.26. The van der Waals surface area contributed by atoms with Crippen LogP contribution in [0.25, 0.3) is 0 Å². The number of halogens is 1. The number of benzene rings is 1. The number of hydrogen-bond acceptors (Lipinski definition) is 6. The lowest BCUT2D eigenvalue weighted by atomic mass is 10.00. The van der Waals surface area contributed by atoms with Gasteiger partial charge in [0.1, 0.15) is 18.8 Å². The lowest BCUT2D eigenvalue weighted by molar-refractivity contribution is -0.139. The molecular weight excluding hydrogens is 461 g/mol. The summed E-state index contributed by atoms with van der Waals surface area (Å²) in [4.78, 5) is 35.4. The second kappa shape index (κ2) is 10.8. The highest BCUT2D eigenvalue weighted by Gasteiger charge is 2.40. The van der Waals surface area contributed by atoms with Gasteiger partial charge in [0.05, 0.1) is 24.5 Å². The number of nitrogens with zero attached hydrogens (tertiary/aromatic N) is 6. The summed E-state index contributed by atoms with van der Waals surface area (Å²) in [5, 5.41) is 11.4. The fraction of sp³-hybridized carbons (Fsp3) is 0.423. The minimum atomic E-state index is -1.29. The van der Waals surface area contributed by atoms with Crippen molar-refractivity contribution in [2.24, 2.45) is 0 Å². The number of alkyl halides is 1. The molecule has 3 atom stereocenters. The predicted molar refractivity (Wildman–Crippen MR) is 134 cm³/mol. The van der Waals surface area contributed by atoms with Crippen LogP contribution in [0.15, 0.2) is 54.9 Å². The molecule has 3 heterocycles. The number of anilines is 1. The van der Waals surface area contributed by atoms with E-state index in [4.69, 9.17) is 0 Å². The van der Waals surface area contributed by atoms with Gasteiger partial charge in [-0.3, -0.25) is 14.6 Å². The number of nitrogens with one attached hydrogen (secondary N) is 1. The van der Waals surface area contributed by atoms with Crippen LogP contribution in [0, 0.1) is 0 Å². The number of carbonyl (C=O) groups excluding carboxylic acids is 2. The normalized spacial score (nSPS) is 18.3. The Kier molecular flexibility index (Phi) is 7.61. The third-order valence-electron chi connectivity index (χ3n) is 6.32. The first kappa shape index (κ1) is 25.3. The standard InChI is InChI=1S/C26H32FN7O2/c1-17(2)19-10-11-21(28-13-19)25(18-8-6-5-7-9-18)30-26(36)22-12-20(27)15-33(22)24(35)16-34-29-14-23(31-34)32(3)4/h5-11,13-14,17,20,22,25H,12,15-16H2,1-4H3,(H,30,36). The summed E-state index contributed by atoms with van der Waals surface area (Å²) in [6, 6.07) is 11.9. The molecule has 1 fully saturated rings. The Morgan fingerprint density at radius 3 is 2.47 bits per heavy atom. The van der Waals surface area contributed by atoms with E-state index in [2.05, 4.69) is 34.3 Å². The van der Waals surface area contributed by atoms with Gasteiger partial charge in [-0.05, 0) is 23.1 Å². The number of likely N-dealkylation sites (tertiary alicyclic amines) is 1. The number of amides is 2. The van der Waals surface area contributed by atoms with Crippen molar-refractivity contribution < 1.29 is 14.0 Å². The highest BCUT2D eigenvalue weighted by Crippen LogP contribution is 2.26. The Bertz CT molecular complexity index is 1180. The van der Waals surface area contributed by atoms with Crippen molar-refractivity contribution in [3.05, 3.63) is 71.7 Å². The van der Waals surface area contributed by atoms with Crippen LogP contribution >= 0.6 is 0 Å². The summed E-state index contributed by atoms with van der Waals surface area (Å²) in [6.07, 6.45) is 2.01. The minimum Gasteiger partial charge on any atom is -0.360 e. The molecule has 2 amide bonds. The fourth-order valence-corrected chi connectivity index (χ4v) is 4.23. The molecule has 0 saturated carbocycles. The minimum absolute atomic E-state index is 0.0612. The van der Waals surface area contributed by atoms with E-state index < -0.39 is 30.1 Å². The molecular formula is C26H32FN7O2. The molecule has 4 rings (SSSR count). The average molecular weight is 494 g/mol. The fourth-order valence-electron chi connectivity index (χ4n) is 4.23. The maximum atomic E-state index is 14.5. The van der Waals surface area contributed by atoms with E-state index in [-0.39, 0.29) is 19.5 Å². The maximum Gasteiger partial charge on any atom is 0.246 e. The van der Waals surface area contributed by atoms with Crippen molar-refractivity contribution in [3.63, 3.8) is 0 Å². The molecule has 0 bridgehead atoms. The first-order chi connectivity index (χ1) is 17.2. The zero-order valence-corrected chi connectivity index (χ0v) is 21.0. The Morgan fingerprint density at radius 2 is 1.86 bits per heavy atom. The topological polar surface area (TPSA) is 96.2 Å². The quantitative estimate of drug-likeness (QED) is 0.518. The van der Waals surface area contributed by atoms with Crippen LogP contribution in [0.1, 0.15) is 49.0 Å². The molecule has 1 aromatic carbocycles. The summed E-state index contributed by atoms with van der Waals surface area (Å²) in [5.41, 5.74) is 2.61. The third-order valence-corrected chi connectivity index (χ3v) is 6.32. The van der Waals surface area contributed by atoms with Gasteiger partial charge in [-0.1, -0.05) is 50.2 Å². The van der Waals surface area contributed by atoms with E-state index in [1.165, 1.54) is 9.70 Å². The molecule has 1 aliphatic heterocycles. The van der Waals surface area contributed by atoms with Crippen LogP contribution in [0.5, 0.6) is 0 Å². The van der Waals surface area contributed by atoms with Crippen LogP contribution in [0.4, 0.5) is 10.2 Å². The molecule has 1 N–H and O–H groups in total. The Hall–Kier alpha value is -3.82. The van der Waals surface area contributed by atoms with Gasteiger partial charge in [0.15, 0.2) is 5.82 Å². The second-order valence-electron chi connectivity index (χ2n) is 9.55. The molecule has 0 radical (unpaired) electrons. The van der Waals surface area contributed by atoms with Gasteiger partial charge in [-0.2, -0.15) is 9.90 Å². The summed E-state index contributed by atoms with van der Waals surface area (Å²) < 4.78 is 14.5. The van der Waals surface area contributed by atoms with Crippen molar-refractivity contribution in [1.82, 2.24) is 30.2 Å². The molecule has 36 heavy (non-hydrogen) atoms. The molecule has 0 aliphatic carbocycles. The summed E-state index contributed by atoms with van der Waals surface area (Å²) >= 11 is 0. The molecule has 1 saturated heterocycles. The van der Waals surface area contributed by atoms with E-state index in [1.807, 2.05) is 62.8 Å². The molecule has 3 unspecified atom stereocenters. The zero-order valence-electron chi connectivity index (χ0n) is 21.0. The first-order valence-corrected chi connectivity index (χ1v) is 12.0. The number of carbonyl (C=O) groups is 2. The third kappa shape index (κ3) is 5.69.